The predicted octanol–water partition coefficient (Wildman–Crippen LogP) is 3.75. The number of carbonyl (C=O) groups excluding carboxylic acids is 1. The summed E-state index contributed by atoms with van der Waals surface area (Å²) in [6, 6.07) is 8.54. The molecule has 1 unspecified atom stereocenters. The number of rotatable bonds is 6. The molecular weight excluding hydrogens is 381 g/mol. The van der Waals surface area contributed by atoms with Crippen LogP contribution in [-0.4, -0.2) is 30.4 Å². The van der Waals surface area contributed by atoms with E-state index in [4.69, 9.17) is 5.73 Å². The quantitative estimate of drug-likeness (QED) is 0.743. The fourth-order valence-electron chi connectivity index (χ4n) is 4.53. The molecule has 1 heterocycles. The van der Waals surface area contributed by atoms with Gasteiger partial charge in [-0.1, -0.05) is 37.6 Å². The fraction of sp³-hybridized carbons (Fsp3) is 0.667. The lowest BCUT2D eigenvalue weighted by molar-refractivity contribution is -0.126. The van der Waals surface area contributed by atoms with E-state index in [-0.39, 0.29) is 36.6 Å². The Hall–Kier alpha value is -0.810. The van der Waals surface area contributed by atoms with Crippen LogP contribution in [0.1, 0.15) is 50.2 Å². The molecule has 1 saturated carbocycles. The van der Waals surface area contributed by atoms with Crippen molar-refractivity contribution in [3.05, 3.63) is 35.4 Å². The Morgan fingerprint density at radius 1 is 1.15 bits per heavy atom. The molecule has 3 N–H and O–H groups in total. The van der Waals surface area contributed by atoms with Gasteiger partial charge in [0.2, 0.25) is 5.91 Å². The minimum absolute atomic E-state index is 0. The Labute approximate surface area is 176 Å². The van der Waals surface area contributed by atoms with E-state index in [9.17, 15) is 4.79 Å². The van der Waals surface area contributed by atoms with Crippen LogP contribution < -0.4 is 11.1 Å². The van der Waals surface area contributed by atoms with E-state index in [0.29, 0.717) is 19.0 Å². The number of benzene rings is 1. The molecule has 0 bridgehead atoms. The van der Waals surface area contributed by atoms with Gasteiger partial charge in [-0.2, -0.15) is 0 Å². The van der Waals surface area contributed by atoms with Gasteiger partial charge in [0.25, 0.3) is 0 Å². The molecule has 1 aliphatic heterocycles. The van der Waals surface area contributed by atoms with Crippen LogP contribution in [0.4, 0.5) is 0 Å². The normalized spacial score (nSPS) is 25.3. The predicted molar refractivity (Wildman–Crippen MR) is 116 cm³/mol. The van der Waals surface area contributed by atoms with Crippen LogP contribution in [0.25, 0.3) is 0 Å². The summed E-state index contributed by atoms with van der Waals surface area (Å²) in [5.41, 5.74) is 8.42. The summed E-state index contributed by atoms with van der Waals surface area (Å²) in [5.74, 6) is 1.45. The number of amides is 1. The molecule has 0 radical (unpaired) electrons. The Balaban J connectivity index is 0.00000182. The summed E-state index contributed by atoms with van der Waals surface area (Å²) < 4.78 is 0. The summed E-state index contributed by atoms with van der Waals surface area (Å²) in [6.07, 6.45) is 5.85. The first-order chi connectivity index (χ1) is 12.2. The zero-order valence-electron chi connectivity index (χ0n) is 16.4. The average Bonchev–Trinajstić information content (AvgIpc) is 3.09. The zero-order chi connectivity index (χ0) is 17.6. The zero-order valence-corrected chi connectivity index (χ0v) is 18.0. The third-order valence-electron chi connectivity index (χ3n) is 6.01. The lowest BCUT2D eigenvalue weighted by Gasteiger charge is -2.31. The summed E-state index contributed by atoms with van der Waals surface area (Å²) in [6.45, 7) is 6.96. The molecular formula is C21H35Cl2N3O. The molecule has 6 heteroatoms. The molecule has 1 amide bonds. The van der Waals surface area contributed by atoms with Crippen LogP contribution in [0, 0.1) is 17.8 Å². The summed E-state index contributed by atoms with van der Waals surface area (Å²) in [4.78, 5) is 15.1. The van der Waals surface area contributed by atoms with Crippen molar-refractivity contribution in [3.63, 3.8) is 0 Å². The van der Waals surface area contributed by atoms with Crippen molar-refractivity contribution in [3.8, 4) is 0 Å². The van der Waals surface area contributed by atoms with Crippen molar-refractivity contribution in [2.75, 3.05) is 19.6 Å². The summed E-state index contributed by atoms with van der Waals surface area (Å²) >= 11 is 0. The maximum Gasteiger partial charge on any atom is 0.223 e. The maximum atomic E-state index is 12.6. The van der Waals surface area contributed by atoms with Gasteiger partial charge in [0.05, 0.1) is 0 Å². The molecule has 27 heavy (non-hydrogen) atoms. The van der Waals surface area contributed by atoms with Gasteiger partial charge in [0.15, 0.2) is 0 Å². The van der Waals surface area contributed by atoms with Crippen molar-refractivity contribution < 1.29 is 4.79 Å². The van der Waals surface area contributed by atoms with E-state index >= 15 is 0 Å². The van der Waals surface area contributed by atoms with Gasteiger partial charge in [-0.15, -0.1) is 24.8 Å². The van der Waals surface area contributed by atoms with Crippen molar-refractivity contribution >= 4 is 30.7 Å². The minimum atomic E-state index is 0. The van der Waals surface area contributed by atoms with E-state index in [1.54, 1.807) is 0 Å². The summed E-state index contributed by atoms with van der Waals surface area (Å²) in [5, 5.41) is 3.18. The average molecular weight is 416 g/mol. The first-order valence-corrected chi connectivity index (χ1v) is 9.94. The number of halogens is 2. The van der Waals surface area contributed by atoms with Gasteiger partial charge in [-0.3, -0.25) is 9.69 Å². The SMILES string of the molecule is CC1CCCN(Cc2ccccc2CNC(=O)[C@@H]2CCC[C@@H]2CN)C1.Cl.Cl. The highest BCUT2D eigenvalue weighted by atomic mass is 35.5. The van der Waals surface area contributed by atoms with Gasteiger partial charge in [-0.25, -0.2) is 0 Å². The highest BCUT2D eigenvalue weighted by molar-refractivity contribution is 5.85. The smallest absolute Gasteiger partial charge is 0.223 e. The minimum Gasteiger partial charge on any atom is -0.352 e. The molecule has 0 spiro atoms. The molecule has 0 aromatic heterocycles. The van der Waals surface area contributed by atoms with Crippen LogP contribution >= 0.6 is 24.8 Å². The van der Waals surface area contributed by atoms with Crippen LogP contribution in [0.15, 0.2) is 24.3 Å². The number of nitrogens with one attached hydrogen (secondary N) is 1. The van der Waals surface area contributed by atoms with E-state index in [0.717, 1.165) is 31.7 Å². The second kappa shape index (κ2) is 11.9. The number of nitrogens with two attached hydrogens (primary N) is 1. The molecule has 4 nitrogen and oxygen atoms in total. The van der Waals surface area contributed by atoms with Gasteiger partial charge in [-0.05, 0) is 61.7 Å². The molecule has 1 aromatic rings. The Bertz CT molecular complexity index is 584. The monoisotopic (exact) mass is 415 g/mol. The highest BCUT2D eigenvalue weighted by Gasteiger charge is 2.31. The Kier molecular flexibility index (Phi) is 10.7. The second-order valence-corrected chi connectivity index (χ2v) is 8.00. The number of hydrogen-bond donors (Lipinski definition) is 2. The van der Waals surface area contributed by atoms with Crippen molar-refractivity contribution in [2.24, 2.45) is 23.5 Å². The molecule has 1 aromatic carbocycles. The molecule has 2 aliphatic rings. The first-order valence-electron chi connectivity index (χ1n) is 9.94. The fourth-order valence-corrected chi connectivity index (χ4v) is 4.53. The molecule has 1 saturated heterocycles. The summed E-state index contributed by atoms with van der Waals surface area (Å²) in [7, 11) is 0. The Morgan fingerprint density at radius 2 is 1.89 bits per heavy atom. The second-order valence-electron chi connectivity index (χ2n) is 8.00. The number of carbonyl (C=O) groups is 1. The molecule has 1 aliphatic carbocycles. The van der Waals surface area contributed by atoms with Crippen LogP contribution in [0.3, 0.4) is 0 Å². The standard InChI is InChI=1S/C21H33N3O.2ClH/c1-16-6-5-11-24(14-16)15-19-8-3-2-7-18(19)13-23-21(25)20-10-4-9-17(20)12-22;;/h2-3,7-8,16-17,20H,4-6,9-15,22H2,1H3,(H,23,25);2*1H/t16?,17-,20-;;/m1../s1. The lowest BCUT2D eigenvalue weighted by Crippen LogP contribution is -2.36. The molecule has 154 valence electrons. The van der Waals surface area contributed by atoms with E-state index in [1.807, 2.05) is 0 Å². The van der Waals surface area contributed by atoms with E-state index in [2.05, 4.69) is 41.4 Å². The van der Waals surface area contributed by atoms with Crippen molar-refractivity contribution in [1.29, 1.82) is 0 Å². The third kappa shape index (κ3) is 6.63. The number of likely N-dealkylation sites (tertiary alicyclic amines) is 1. The van der Waals surface area contributed by atoms with Gasteiger partial charge >= 0.3 is 0 Å². The topological polar surface area (TPSA) is 58.4 Å². The number of piperidine rings is 1. The van der Waals surface area contributed by atoms with Crippen LogP contribution in [0.2, 0.25) is 0 Å². The maximum absolute atomic E-state index is 12.6. The Morgan fingerprint density at radius 3 is 2.59 bits per heavy atom. The number of nitrogens with zero attached hydrogens (tertiary/aromatic N) is 1. The molecule has 3 rings (SSSR count). The van der Waals surface area contributed by atoms with Crippen LogP contribution in [0.5, 0.6) is 0 Å². The van der Waals surface area contributed by atoms with Crippen LogP contribution in [-0.2, 0) is 17.9 Å². The van der Waals surface area contributed by atoms with Crippen molar-refractivity contribution in [2.45, 2.75) is 52.1 Å². The van der Waals surface area contributed by atoms with Gasteiger partial charge < -0.3 is 11.1 Å². The largest absolute Gasteiger partial charge is 0.352 e. The molecule has 2 fully saturated rings. The van der Waals surface area contributed by atoms with E-state index < -0.39 is 0 Å². The van der Waals surface area contributed by atoms with Crippen molar-refractivity contribution in [1.82, 2.24) is 10.2 Å². The highest BCUT2D eigenvalue weighted by Crippen LogP contribution is 2.31. The first kappa shape index (κ1) is 24.2. The number of hydrogen-bond acceptors (Lipinski definition) is 3. The van der Waals surface area contributed by atoms with Gasteiger partial charge in [0.1, 0.15) is 0 Å². The third-order valence-corrected chi connectivity index (χ3v) is 6.01. The molecule has 3 atom stereocenters. The van der Waals surface area contributed by atoms with Gasteiger partial charge in [0, 0.05) is 25.6 Å². The van der Waals surface area contributed by atoms with E-state index in [1.165, 1.54) is 37.1 Å². The lowest BCUT2D eigenvalue weighted by atomic mass is 9.95.